The summed E-state index contributed by atoms with van der Waals surface area (Å²) >= 11 is 0. The molecule has 1 aliphatic rings. The zero-order valence-corrected chi connectivity index (χ0v) is 18.0. The summed E-state index contributed by atoms with van der Waals surface area (Å²) in [4.78, 5) is 8.97. The average molecular weight is 420 g/mol. The highest BCUT2D eigenvalue weighted by atomic mass is 32.2. The maximum absolute atomic E-state index is 11.6. The zero-order valence-electron chi connectivity index (χ0n) is 17.2. The number of aliphatic imine (C=N–C) groups is 1. The fourth-order valence-corrected chi connectivity index (χ4v) is 4.35. The van der Waals surface area contributed by atoms with Crippen molar-refractivity contribution < 1.29 is 8.42 Å². The molecule has 1 atom stereocenters. The molecule has 4 rings (SSSR count). The third-order valence-corrected chi connectivity index (χ3v) is 6.15. The van der Waals surface area contributed by atoms with Crippen molar-refractivity contribution in [1.29, 1.82) is 0 Å². The van der Waals surface area contributed by atoms with Gasteiger partial charge in [0.25, 0.3) is 0 Å². The van der Waals surface area contributed by atoms with Gasteiger partial charge >= 0.3 is 0 Å². The topological polar surface area (TPSA) is 71.4 Å². The number of nitrogens with zero attached hydrogens (tertiary/aromatic N) is 2. The molecule has 30 heavy (non-hydrogen) atoms. The smallest absolute Gasteiger partial charge is 0.208 e. The number of rotatable bonds is 7. The molecule has 1 aliphatic heterocycles. The van der Waals surface area contributed by atoms with Crippen LogP contribution in [0.3, 0.4) is 0 Å². The van der Waals surface area contributed by atoms with Crippen LogP contribution in [0.4, 0.5) is 0 Å². The Morgan fingerprint density at radius 2 is 1.83 bits per heavy atom. The molecule has 1 N–H and O–H groups in total. The Bertz CT molecular complexity index is 1190. The Balaban J connectivity index is 1.60. The second-order valence-corrected chi connectivity index (χ2v) is 9.62. The van der Waals surface area contributed by atoms with Gasteiger partial charge in [0.2, 0.25) is 10.0 Å². The summed E-state index contributed by atoms with van der Waals surface area (Å²) in [5.74, 6) is 0.0207. The largest absolute Gasteiger partial charge is 0.285 e. The average Bonchev–Trinajstić information content (AvgIpc) is 3.11. The maximum Gasteiger partial charge on any atom is 0.208 e. The van der Waals surface area contributed by atoms with Crippen LogP contribution < -0.4 is 4.72 Å². The number of benzene rings is 2. The molecule has 5 nitrogen and oxygen atoms in total. The predicted molar refractivity (Wildman–Crippen MR) is 121 cm³/mol. The second kappa shape index (κ2) is 8.50. The van der Waals surface area contributed by atoms with E-state index in [0.717, 1.165) is 34.5 Å². The molecule has 154 valence electrons. The number of pyridine rings is 1. The van der Waals surface area contributed by atoms with Crippen LogP contribution in [0.25, 0.3) is 11.1 Å². The van der Waals surface area contributed by atoms with E-state index in [9.17, 15) is 8.42 Å². The van der Waals surface area contributed by atoms with Gasteiger partial charge in [-0.15, -0.1) is 0 Å². The highest BCUT2D eigenvalue weighted by Gasteiger charge is 2.16. The van der Waals surface area contributed by atoms with Crippen molar-refractivity contribution in [3.05, 3.63) is 89.2 Å². The van der Waals surface area contributed by atoms with Crippen LogP contribution in [0.5, 0.6) is 0 Å². The Morgan fingerprint density at radius 3 is 2.60 bits per heavy atom. The van der Waals surface area contributed by atoms with Crippen molar-refractivity contribution in [2.45, 2.75) is 25.8 Å². The van der Waals surface area contributed by atoms with Gasteiger partial charge < -0.3 is 0 Å². The van der Waals surface area contributed by atoms with E-state index >= 15 is 0 Å². The van der Waals surface area contributed by atoms with Crippen LogP contribution in [0.2, 0.25) is 0 Å². The summed E-state index contributed by atoms with van der Waals surface area (Å²) in [6.45, 7) is 3.15. The van der Waals surface area contributed by atoms with Crippen LogP contribution in [-0.2, 0) is 23.0 Å². The number of hydrogen-bond donors (Lipinski definition) is 1. The first-order chi connectivity index (χ1) is 14.4. The minimum absolute atomic E-state index is 0.0207. The predicted octanol–water partition coefficient (Wildman–Crippen LogP) is 3.95. The molecule has 2 aromatic carbocycles. The first kappa shape index (κ1) is 20.4. The highest BCUT2D eigenvalue weighted by molar-refractivity contribution is 7.88. The number of sulfonamides is 1. The molecular formula is C24H25N3O2S. The van der Waals surface area contributed by atoms with Crippen LogP contribution in [0, 0.1) is 0 Å². The molecule has 1 aromatic heterocycles. The fraction of sp³-hybridized carbons (Fsp3) is 0.250. The van der Waals surface area contributed by atoms with Gasteiger partial charge in [0.15, 0.2) is 0 Å². The molecule has 0 amide bonds. The van der Waals surface area contributed by atoms with Crippen LogP contribution in [-0.4, -0.2) is 31.9 Å². The van der Waals surface area contributed by atoms with E-state index in [1.807, 2.05) is 49.6 Å². The molecule has 2 heterocycles. The Labute approximate surface area is 178 Å². The Hall–Kier alpha value is -2.83. The summed E-state index contributed by atoms with van der Waals surface area (Å²) < 4.78 is 25.9. The molecular weight excluding hydrogens is 394 g/mol. The van der Waals surface area contributed by atoms with Gasteiger partial charge in [-0.25, -0.2) is 13.1 Å². The Morgan fingerprint density at radius 1 is 1.03 bits per heavy atom. The number of nitrogens with one attached hydrogen (secondary N) is 1. The van der Waals surface area contributed by atoms with E-state index in [4.69, 9.17) is 0 Å². The maximum atomic E-state index is 11.6. The van der Waals surface area contributed by atoms with Gasteiger partial charge in [-0.2, -0.15) is 0 Å². The van der Waals surface area contributed by atoms with Crippen molar-refractivity contribution in [3.63, 3.8) is 0 Å². The van der Waals surface area contributed by atoms with Gasteiger partial charge in [-0.05, 0) is 47.7 Å². The summed E-state index contributed by atoms with van der Waals surface area (Å²) in [5.41, 5.74) is 7.88. The molecule has 0 saturated carbocycles. The first-order valence-electron chi connectivity index (χ1n) is 9.97. The minimum atomic E-state index is -3.26. The lowest BCUT2D eigenvalue weighted by Crippen LogP contribution is -2.28. The third kappa shape index (κ3) is 4.83. The normalized spacial score (nSPS) is 14.3. The molecule has 0 bridgehead atoms. The van der Waals surface area contributed by atoms with Gasteiger partial charge in [0, 0.05) is 41.7 Å². The van der Waals surface area contributed by atoms with E-state index in [2.05, 4.69) is 39.0 Å². The van der Waals surface area contributed by atoms with Crippen molar-refractivity contribution >= 4 is 15.7 Å². The monoisotopic (exact) mass is 419 g/mol. The van der Waals surface area contributed by atoms with E-state index in [1.54, 1.807) is 0 Å². The molecule has 0 saturated heterocycles. The molecule has 0 spiro atoms. The minimum Gasteiger partial charge on any atom is -0.285 e. The summed E-state index contributed by atoms with van der Waals surface area (Å²) in [6.07, 6.45) is 5.62. The van der Waals surface area contributed by atoms with Gasteiger partial charge in [-0.1, -0.05) is 42.5 Å². The lowest BCUT2D eigenvalue weighted by atomic mass is 9.91. The van der Waals surface area contributed by atoms with Gasteiger partial charge in [0.05, 0.1) is 12.8 Å². The molecule has 0 fully saturated rings. The van der Waals surface area contributed by atoms with Crippen LogP contribution in [0.1, 0.15) is 35.1 Å². The number of aromatic nitrogens is 1. The summed E-state index contributed by atoms with van der Waals surface area (Å²) in [5, 5.41) is 0. The summed E-state index contributed by atoms with van der Waals surface area (Å²) in [6, 6.07) is 18.6. The molecule has 0 radical (unpaired) electrons. The lowest BCUT2D eigenvalue weighted by Gasteiger charge is -2.18. The quantitative estimate of drug-likeness (QED) is 0.630. The second-order valence-electron chi connectivity index (χ2n) is 7.79. The molecule has 0 aliphatic carbocycles. The van der Waals surface area contributed by atoms with E-state index in [-0.39, 0.29) is 5.92 Å². The first-order valence-corrected chi connectivity index (χ1v) is 11.9. The van der Waals surface area contributed by atoms with Crippen molar-refractivity contribution in [2.75, 3.05) is 12.8 Å². The zero-order chi connectivity index (χ0) is 21.1. The summed E-state index contributed by atoms with van der Waals surface area (Å²) in [7, 11) is -3.26. The molecule has 6 heteroatoms. The van der Waals surface area contributed by atoms with E-state index in [0.29, 0.717) is 13.0 Å². The number of hydrogen-bond acceptors (Lipinski definition) is 4. The van der Waals surface area contributed by atoms with Gasteiger partial charge in [0.1, 0.15) is 0 Å². The van der Waals surface area contributed by atoms with E-state index in [1.165, 1.54) is 17.4 Å². The van der Waals surface area contributed by atoms with Crippen molar-refractivity contribution in [1.82, 2.24) is 9.71 Å². The molecule has 1 unspecified atom stereocenters. The van der Waals surface area contributed by atoms with E-state index < -0.39 is 10.0 Å². The molecule has 3 aromatic rings. The Kier molecular flexibility index (Phi) is 5.79. The van der Waals surface area contributed by atoms with Crippen molar-refractivity contribution in [2.24, 2.45) is 4.99 Å². The standard InChI is InChI=1S/C24H25N3O2S/c1-17-24-12-20(8-9-21(24)15-26-17)22-10-18(13-25-14-22)11-23(16-27-30(2,28)29)19-6-4-3-5-7-19/h3-10,12-14,23,27H,11,15-16H2,1-2H3. The van der Waals surface area contributed by atoms with Crippen LogP contribution >= 0.6 is 0 Å². The van der Waals surface area contributed by atoms with Crippen molar-refractivity contribution in [3.8, 4) is 11.1 Å². The lowest BCUT2D eigenvalue weighted by molar-refractivity contribution is 0.574. The number of fused-ring (bicyclic) bond motifs is 1. The van der Waals surface area contributed by atoms with Gasteiger partial charge in [-0.3, -0.25) is 9.98 Å². The third-order valence-electron chi connectivity index (χ3n) is 5.46. The fourth-order valence-electron chi connectivity index (χ4n) is 3.85. The SMILES string of the molecule is CC1=NCc2ccc(-c3cncc(CC(CNS(C)(=O)=O)c4ccccc4)c3)cc21. The highest BCUT2D eigenvalue weighted by Crippen LogP contribution is 2.28. The van der Waals surface area contributed by atoms with Crippen LogP contribution in [0.15, 0.2) is 72.0 Å².